The average molecular weight is 289 g/mol. The molecule has 0 aromatic heterocycles. The Hall–Kier alpha value is -1.90. The van der Waals surface area contributed by atoms with E-state index in [-0.39, 0.29) is 24.3 Å². The first-order valence-corrected chi connectivity index (χ1v) is 7.14. The van der Waals surface area contributed by atoms with Gasteiger partial charge in [-0.25, -0.2) is 4.39 Å². The lowest BCUT2D eigenvalue weighted by atomic mass is 10.0. The fourth-order valence-corrected chi connectivity index (χ4v) is 2.56. The lowest BCUT2D eigenvalue weighted by Gasteiger charge is -2.34. The van der Waals surface area contributed by atoms with E-state index in [9.17, 15) is 9.18 Å². The third-order valence-corrected chi connectivity index (χ3v) is 3.60. The van der Waals surface area contributed by atoms with E-state index in [0.29, 0.717) is 18.7 Å². The monoisotopic (exact) mass is 289 g/mol. The number of halogens is 1. The molecule has 0 radical (unpaired) electrons. The first-order valence-electron chi connectivity index (χ1n) is 7.14. The van der Waals surface area contributed by atoms with Crippen LogP contribution < -0.4 is 11.1 Å². The van der Waals surface area contributed by atoms with E-state index in [4.69, 9.17) is 5.73 Å². The summed E-state index contributed by atoms with van der Waals surface area (Å²) in [4.78, 5) is 14.0. The Morgan fingerprint density at radius 1 is 1.52 bits per heavy atom. The molecule has 1 aliphatic rings. The highest BCUT2D eigenvalue weighted by atomic mass is 19.1. The summed E-state index contributed by atoms with van der Waals surface area (Å²) in [7, 11) is 0. The van der Waals surface area contributed by atoms with Crippen molar-refractivity contribution < 1.29 is 9.18 Å². The molecule has 0 bridgehead atoms. The average Bonchev–Trinajstić information content (AvgIpc) is 2.47. The number of rotatable bonds is 3. The maximum absolute atomic E-state index is 13.4. The number of amides is 1. The van der Waals surface area contributed by atoms with Gasteiger partial charge in [-0.1, -0.05) is 24.8 Å². The normalized spacial score (nSPS) is 18.8. The van der Waals surface area contributed by atoms with Gasteiger partial charge < -0.3 is 11.1 Å². The van der Waals surface area contributed by atoms with Gasteiger partial charge in [0.05, 0.1) is 12.6 Å². The van der Waals surface area contributed by atoms with Crippen molar-refractivity contribution in [3.05, 3.63) is 35.1 Å². The smallest absolute Gasteiger partial charge is 0.237 e. The molecule has 4 nitrogen and oxygen atoms in total. The molecule has 0 aliphatic carbocycles. The summed E-state index contributed by atoms with van der Waals surface area (Å²) in [5.41, 5.74) is 6.94. The topological polar surface area (TPSA) is 58.4 Å². The summed E-state index contributed by atoms with van der Waals surface area (Å²) in [6, 6.07) is 4.44. The number of piperazine rings is 1. The predicted molar refractivity (Wildman–Crippen MR) is 79.8 cm³/mol. The summed E-state index contributed by atoms with van der Waals surface area (Å²) < 4.78 is 13.4. The van der Waals surface area contributed by atoms with E-state index in [1.54, 1.807) is 6.07 Å². The third kappa shape index (κ3) is 3.81. The number of hydrogen-bond donors (Lipinski definition) is 2. The molecule has 1 aliphatic heterocycles. The zero-order chi connectivity index (χ0) is 15.2. The van der Waals surface area contributed by atoms with E-state index in [0.717, 1.165) is 18.5 Å². The van der Waals surface area contributed by atoms with E-state index < -0.39 is 0 Å². The lowest BCUT2D eigenvalue weighted by molar-refractivity contribution is -0.129. The van der Waals surface area contributed by atoms with Gasteiger partial charge in [-0.05, 0) is 24.1 Å². The number of nitrogens with zero attached hydrogens (tertiary/aromatic N) is 1. The molecule has 1 saturated heterocycles. The van der Waals surface area contributed by atoms with Crippen molar-refractivity contribution in [3.63, 3.8) is 0 Å². The van der Waals surface area contributed by atoms with Crippen LogP contribution in [0.4, 0.5) is 4.39 Å². The highest BCUT2D eigenvalue weighted by Gasteiger charge is 2.28. The van der Waals surface area contributed by atoms with E-state index >= 15 is 0 Å². The van der Waals surface area contributed by atoms with Crippen LogP contribution in [0.2, 0.25) is 0 Å². The van der Waals surface area contributed by atoms with Crippen LogP contribution in [-0.4, -0.2) is 36.5 Å². The Morgan fingerprint density at radius 2 is 2.33 bits per heavy atom. The molecule has 1 aromatic carbocycles. The molecule has 1 atom stereocenters. The number of hydrogen-bond acceptors (Lipinski definition) is 3. The van der Waals surface area contributed by atoms with Crippen LogP contribution in [0.5, 0.6) is 0 Å². The Labute approximate surface area is 124 Å². The van der Waals surface area contributed by atoms with Gasteiger partial charge in [-0.2, -0.15) is 0 Å². The second-order valence-corrected chi connectivity index (χ2v) is 4.99. The zero-order valence-electron chi connectivity index (χ0n) is 12.2. The maximum atomic E-state index is 13.4. The Bertz CT molecular complexity index is 577. The van der Waals surface area contributed by atoms with Crippen LogP contribution in [0.25, 0.3) is 0 Å². The molecule has 112 valence electrons. The van der Waals surface area contributed by atoms with Crippen molar-refractivity contribution in [1.29, 1.82) is 0 Å². The molecule has 1 amide bonds. The summed E-state index contributed by atoms with van der Waals surface area (Å²) in [6.07, 6.45) is 0.747. The minimum atomic E-state index is -0.316. The SMILES string of the molecule is CCC1C(=O)NCCN1Cc1ccc(F)cc1C#CCN. The first-order chi connectivity index (χ1) is 10.2. The molecular formula is C16H20FN3O. The van der Waals surface area contributed by atoms with Crippen molar-refractivity contribution in [1.82, 2.24) is 10.2 Å². The van der Waals surface area contributed by atoms with Crippen LogP contribution in [0.15, 0.2) is 18.2 Å². The fourth-order valence-electron chi connectivity index (χ4n) is 2.56. The van der Waals surface area contributed by atoms with Crippen LogP contribution in [-0.2, 0) is 11.3 Å². The molecule has 1 heterocycles. The predicted octanol–water partition coefficient (Wildman–Crippen LogP) is 0.846. The highest BCUT2D eigenvalue weighted by molar-refractivity contribution is 5.82. The zero-order valence-corrected chi connectivity index (χ0v) is 12.2. The molecule has 1 unspecified atom stereocenters. The van der Waals surface area contributed by atoms with Crippen LogP contribution in [0.3, 0.4) is 0 Å². The lowest BCUT2D eigenvalue weighted by Crippen LogP contribution is -2.54. The molecule has 5 heteroatoms. The first kappa shape index (κ1) is 15.5. The molecule has 2 rings (SSSR count). The number of nitrogens with one attached hydrogen (secondary N) is 1. The summed E-state index contributed by atoms with van der Waals surface area (Å²) in [6.45, 7) is 4.23. The minimum Gasteiger partial charge on any atom is -0.353 e. The van der Waals surface area contributed by atoms with Crippen LogP contribution in [0, 0.1) is 17.7 Å². The number of carbonyl (C=O) groups excluding carboxylic acids is 1. The van der Waals surface area contributed by atoms with Gasteiger partial charge in [0.15, 0.2) is 0 Å². The standard InChI is InChI=1S/C16H20FN3O/c1-2-15-16(21)19-8-9-20(15)11-13-5-6-14(17)10-12(13)4-3-7-18/h5-6,10,15H,2,7-9,11,18H2,1H3,(H,19,21). The van der Waals surface area contributed by atoms with Gasteiger partial charge in [0.1, 0.15) is 5.82 Å². The van der Waals surface area contributed by atoms with Crippen molar-refractivity contribution in [3.8, 4) is 11.8 Å². The van der Waals surface area contributed by atoms with E-state index in [1.165, 1.54) is 12.1 Å². The maximum Gasteiger partial charge on any atom is 0.237 e. The van der Waals surface area contributed by atoms with Gasteiger partial charge in [-0.3, -0.25) is 9.69 Å². The van der Waals surface area contributed by atoms with Crippen LogP contribution in [0.1, 0.15) is 24.5 Å². The minimum absolute atomic E-state index is 0.0560. The summed E-state index contributed by atoms with van der Waals surface area (Å²) in [5.74, 6) is 5.40. The van der Waals surface area contributed by atoms with E-state index in [1.807, 2.05) is 6.92 Å². The van der Waals surface area contributed by atoms with Gasteiger partial charge >= 0.3 is 0 Å². The van der Waals surface area contributed by atoms with Crippen LogP contribution >= 0.6 is 0 Å². The second kappa shape index (κ2) is 7.21. The summed E-state index contributed by atoms with van der Waals surface area (Å²) >= 11 is 0. The van der Waals surface area contributed by atoms with Crippen molar-refractivity contribution in [2.45, 2.75) is 25.9 Å². The second-order valence-electron chi connectivity index (χ2n) is 4.99. The Kier molecular flexibility index (Phi) is 5.32. The quantitative estimate of drug-likeness (QED) is 0.811. The molecule has 1 fully saturated rings. The molecule has 1 aromatic rings. The van der Waals surface area contributed by atoms with E-state index in [2.05, 4.69) is 22.1 Å². The number of benzene rings is 1. The molecular weight excluding hydrogens is 269 g/mol. The number of carbonyl (C=O) groups is 1. The summed E-state index contributed by atoms with van der Waals surface area (Å²) in [5, 5.41) is 2.87. The Morgan fingerprint density at radius 3 is 3.05 bits per heavy atom. The molecule has 0 saturated carbocycles. The Balaban J connectivity index is 2.23. The van der Waals surface area contributed by atoms with Gasteiger partial charge in [0.25, 0.3) is 0 Å². The van der Waals surface area contributed by atoms with Gasteiger partial charge in [0.2, 0.25) is 5.91 Å². The van der Waals surface area contributed by atoms with Gasteiger partial charge in [-0.15, -0.1) is 0 Å². The third-order valence-electron chi connectivity index (χ3n) is 3.60. The molecule has 21 heavy (non-hydrogen) atoms. The van der Waals surface area contributed by atoms with Crippen molar-refractivity contribution in [2.75, 3.05) is 19.6 Å². The van der Waals surface area contributed by atoms with Crippen molar-refractivity contribution in [2.24, 2.45) is 5.73 Å². The fraction of sp³-hybridized carbons (Fsp3) is 0.438. The largest absolute Gasteiger partial charge is 0.353 e. The highest BCUT2D eigenvalue weighted by Crippen LogP contribution is 2.17. The molecule has 3 N–H and O–H groups in total. The molecule has 0 spiro atoms. The van der Waals surface area contributed by atoms with Gasteiger partial charge in [0, 0.05) is 25.2 Å². The number of nitrogens with two attached hydrogens (primary N) is 1. The van der Waals surface area contributed by atoms with Crippen molar-refractivity contribution >= 4 is 5.91 Å².